The zero-order chi connectivity index (χ0) is 10.7. The highest BCUT2D eigenvalue weighted by Crippen LogP contribution is 2.19. The highest BCUT2D eigenvalue weighted by molar-refractivity contribution is 5.56. The van der Waals surface area contributed by atoms with E-state index in [0.29, 0.717) is 17.7 Å². The molecule has 0 spiro atoms. The Bertz CT molecular complexity index is 321. The van der Waals surface area contributed by atoms with E-state index in [1.54, 1.807) is 0 Å². The van der Waals surface area contributed by atoms with Crippen LogP contribution in [0.1, 0.15) is 25.2 Å². The maximum absolute atomic E-state index is 5.35. The molecule has 0 aliphatic heterocycles. The third-order valence-electron chi connectivity index (χ3n) is 1.82. The van der Waals surface area contributed by atoms with Crippen LogP contribution in [0.3, 0.4) is 0 Å². The average Bonchev–Trinajstić information content (AvgIpc) is 2.09. The lowest BCUT2D eigenvalue weighted by atomic mass is 10.3. The van der Waals surface area contributed by atoms with Crippen molar-refractivity contribution in [1.82, 2.24) is 9.97 Å². The van der Waals surface area contributed by atoms with Crippen molar-refractivity contribution in [3.63, 3.8) is 0 Å². The topological polar surface area (TPSA) is 75.9 Å². The standard InChI is InChI=1S/C9H17N5/c1-5(2)11-8-6(3)9(14-10)13-7(4)12-8/h5H,10H2,1-4H3,(H2,11,12,13,14). The Kier molecular flexibility index (Phi) is 3.24. The number of nitrogens with zero attached hydrogens (tertiary/aromatic N) is 2. The van der Waals surface area contributed by atoms with Gasteiger partial charge in [-0.25, -0.2) is 15.8 Å². The van der Waals surface area contributed by atoms with E-state index in [9.17, 15) is 0 Å². The van der Waals surface area contributed by atoms with Crippen molar-refractivity contribution in [3.05, 3.63) is 11.4 Å². The minimum atomic E-state index is 0.341. The summed E-state index contributed by atoms with van der Waals surface area (Å²) in [4.78, 5) is 8.48. The van der Waals surface area contributed by atoms with Gasteiger partial charge in [0.2, 0.25) is 0 Å². The molecule has 0 aliphatic carbocycles. The van der Waals surface area contributed by atoms with Gasteiger partial charge < -0.3 is 10.7 Å². The van der Waals surface area contributed by atoms with Crippen molar-refractivity contribution < 1.29 is 0 Å². The van der Waals surface area contributed by atoms with Crippen LogP contribution in [0.4, 0.5) is 11.6 Å². The van der Waals surface area contributed by atoms with Crippen LogP contribution in [-0.2, 0) is 0 Å². The minimum absolute atomic E-state index is 0.341. The summed E-state index contributed by atoms with van der Waals surface area (Å²) in [5.74, 6) is 7.55. The molecule has 4 N–H and O–H groups in total. The maximum Gasteiger partial charge on any atom is 0.148 e. The van der Waals surface area contributed by atoms with Crippen LogP contribution in [0.15, 0.2) is 0 Å². The summed E-state index contributed by atoms with van der Waals surface area (Å²) >= 11 is 0. The third-order valence-corrected chi connectivity index (χ3v) is 1.82. The number of aryl methyl sites for hydroxylation is 1. The smallest absolute Gasteiger partial charge is 0.148 e. The van der Waals surface area contributed by atoms with E-state index in [2.05, 4.69) is 34.6 Å². The molecule has 1 aromatic heterocycles. The average molecular weight is 195 g/mol. The molecule has 0 aromatic carbocycles. The molecule has 0 radical (unpaired) electrons. The summed E-state index contributed by atoms with van der Waals surface area (Å²) in [7, 11) is 0. The largest absolute Gasteiger partial charge is 0.368 e. The van der Waals surface area contributed by atoms with Crippen molar-refractivity contribution in [1.29, 1.82) is 0 Å². The van der Waals surface area contributed by atoms with E-state index in [-0.39, 0.29) is 0 Å². The zero-order valence-corrected chi connectivity index (χ0v) is 9.05. The first-order chi connectivity index (χ1) is 6.54. The van der Waals surface area contributed by atoms with Crippen LogP contribution < -0.4 is 16.6 Å². The second-order valence-corrected chi connectivity index (χ2v) is 3.54. The van der Waals surface area contributed by atoms with Crippen LogP contribution in [0.5, 0.6) is 0 Å². The first kappa shape index (κ1) is 10.7. The van der Waals surface area contributed by atoms with E-state index >= 15 is 0 Å². The highest BCUT2D eigenvalue weighted by Gasteiger charge is 2.08. The molecule has 0 saturated carbocycles. The lowest BCUT2D eigenvalue weighted by Crippen LogP contribution is -2.17. The van der Waals surface area contributed by atoms with Crippen LogP contribution in [0.2, 0.25) is 0 Å². The Morgan fingerprint density at radius 3 is 2.21 bits per heavy atom. The van der Waals surface area contributed by atoms with Gasteiger partial charge in [-0.1, -0.05) is 0 Å². The first-order valence-corrected chi connectivity index (χ1v) is 4.63. The van der Waals surface area contributed by atoms with Gasteiger partial charge in [-0.3, -0.25) is 0 Å². The quantitative estimate of drug-likeness (QED) is 0.499. The molecular formula is C9H17N5. The molecule has 5 nitrogen and oxygen atoms in total. The molecule has 1 heterocycles. The first-order valence-electron chi connectivity index (χ1n) is 4.63. The fraction of sp³-hybridized carbons (Fsp3) is 0.556. The number of hydrogen-bond acceptors (Lipinski definition) is 5. The van der Waals surface area contributed by atoms with Gasteiger partial charge in [-0.2, -0.15) is 0 Å². The lowest BCUT2D eigenvalue weighted by molar-refractivity contribution is 0.875. The highest BCUT2D eigenvalue weighted by atomic mass is 15.3. The second kappa shape index (κ2) is 4.23. The SMILES string of the molecule is Cc1nc(NN)c(C)c(NC(C)C)n1. The number of aromatic nitrogens is 2. The van der Waals surface area contributed by atoms with E-state index in [1.165, 1.54) is 0 Å². The summed E-state index contributed by atoms with van der Waals surface area (Å²) in [5, 5.41) is 3.24. The van der Waals surface area contributed by atoms with Crippen LogP contribution in [-0.4, -0.2) is 16.0 Å². The predicted molar refractivity (Wildman–Crippen MR) is 58.1 cm³/mol. The van der Waals surface area contributed by atoms with Crippen molar-refractivity contribution >= 4 is 11.6 Å². The Labute approximate surface area is 84.1 Å². The van der Waals surface area contributed by atoms with Gasteiger partial charge in [-0.05, 0) is 27.7 Å². The van der Waals surface area contributed by atoms with Crippen molar-refractivity contribution in [2.75, 3.05) is 10.7 Å². The molecule has 5 heteroatoms. The minimum Gasteiger partial charge on any atom is -0.368 e. The molecule has 0 saturated heterocycles. The summed E-state index contributed by atoms with van der Waals surface area (Å²) in [6.07, 6.45) is 0. The fourth-order valence-electron chi connectivity index (χ4n) is 1.18. The molecular weight excluding hydrogens is 178 g/mol. The second-order valence-electron chi connectivity index (χ2n) is 3.54. The van der Waals surface area contributed by atoms with E-state index < -0.39 is 0 Å². The van der Waals surface area contributed by atoms with E-state index in [4.69, 9.17) is 5.84 Å². The van der Waals surface area contributed by atoms with Gasteiger partial charge in [0, 0.05) is 11.6 Å². The lowest BCUT2D eigenvalue weighted by Gasteiger charge is -2.14. The van der Waals surface area contributed by atoms with Crippen molar-refractivity contribution in [2.45, 2.75) is 33.7 Å². The van der Waals surface area contributed by atoms with Crippen LogP contribution in [0, 0.1) is 13.8 Å². The Morgan fingerprint density at radius 2 is 1.71 bits per heavy atom. The van der Waals surface area contributed by atoms with E-state index in [1.807, 2.05) is 13.8 Å². The van der Waals surface area contributed by atoms with Gasteiger partial charge in [0.05, 0.1) is 0 Å². The number of hydrazine groups is 1. The van der Waals surface area contributed by atoms with Crippen LogP contribution in [0.25, 0.3) is 0 Å². The van der Waals surface area contributed by atoms with Gasteiger partial charge in [-0.15, -0.1) is 0 Å². The molecule has 78 valence electrons. The molecule has 0 unspecified atom stereocenters. The number of rotatable bonds is 3. The molecule has 0 fully saturated rings. The Morgan fingerprint density at radius 1 is 1.14 bits per heavy atom. The monoisotopic (exact) mass is 195 g/mol. The number of nitrogens with one attached hydrogen (secondary N) is 2. The number of nitrogens with two attached hydrogens (primary N) is 1. The normalized spacial score (nSPS) is 10.4. The summed E-state index contributed by atoms with van der Waals surface area (Å²) < 4.78 is 0. The molecule has 14 heavy (non-hydrogen) atoms. The predicted octanol–water partition coefficient (Wildman–Crippen LogP) is 1.20. The molecule has 0 amide bonds. The molecule has 1 rings (SSSR count). The van der Waals surface area contributed by atoms with Crippen molar-refractivity contribution in [2.24, 2.45) is 5.84 Å². The zero-order valence-electron chi connectivity index (χ0n) is 9.05. The number of nitrogen functional groups attached to an aromatic ring is 1. The Balaban J connectivity index is 3.08. The van der Waals surface area contributed by atoms with Gasteiger partial charge >= 0.3 is 0 Å². The molecule has 0 aliphatic rings. The number of hydrogen-bond donors (Lipinski definition) is 3. The maximum atomic E-state index is 5.35. The van der Waals surface area contributed by atoms with Crippen LogP contribution >= 0.6 is 0 Å². The number of anilines is 2. The van der Waals surface area contributed by atoms with Gasteiger partial charge in [0.1, 0.15) is 17.5 Å². The van der Waals surface area contributed by atoms with Gasteiger partial charge in [0.15, 0.2) is 0 Å². The van der Waals surface area contributed by atoms with Gasteiger partial charge in [0.25, 0.3) is 0 Å². The van der Waals surface area contributed by atoms with E-state index in [0.717, 1.165) is 11.4 Å². The molecule has 0 atom stereocenters. The Hall–Kier alpha value is -1.36. The third kappa shape index (κ3) is 2.32. The summed E-state index contributed by atoms with van der Waals surface area (Å²) in [5.41, 5.74) is 3.50. The summed E-state index contributed by atoms with van der Waals surface area (Å²) in [6, 6.07) is 0.341. The fourth-order valence-corrected chi connectivity index (χ4v) is 1.18. The molecule has 0 bridgehead atoms. The van der Waals surface area contributed by atoms with Crippen molar-refractivity contribution in [3.8, 4) is 0 Å². The molecule has 1 aromatic rings. The summed E-state index contributed by atoms with van der Waals surface area (Å²) in [6.45, 7) is 7.89.